The third-order valence-electron chi connectivity index (χ3n) is 3.62. The Labute approximate surface area is 145 Å². The summed E-state index contributed by atoms with van der Waals surface area (Å²) < 4.78 is 37.8. The monoisotopic (exact) mass is 366 g/mol. The van der Waals surface area contributed by atoms with Gasteiger partial charge in [-0.15, -0.1) is 0 Å². The second kappa shape index (κ2) is 6.00. The lowest BCUT2D eigenvalue weighted by Gasteiger charge is -2.19. The molecule has 0 fully saturated rings. The Kier molecular flexibility index (Phi) is 4.12. The van der Waals surface area contributed by atoms with Crippen LogP contribution in [0.2, 0.25) is 0 Å². The number of hydrogen-bond donors (Lipinski definition) is 1. The molecule has 0 unspecified atom stereocenters. The quantitative estimate of drug-likeness (QED) is 0.858. The highest BCUT2D eigenvalue weighted by atomic mass is 35.5. The molecule has 0 atom stereocenters. The van der Waals surface area contributed by atoms with Crippen molar-refractivity contribution in [2.24, 2.45) is 0 Å². The minimum atomic E-state index is -4.46. The van der Waals surface area contributed by atoms with Crippen molar-refractivity contribution in [3.05, 3.63) is 69.6 Å². The standard InChI is InChI=1S/C17H10ClF3N2O2/c1-8-2-7-11-13(22-8)16(25)12(18)14(15(11)24)23-10-5-3-9(4-6-10)17(19,20)21/h2-7,23H,1H3. The fraction of sp³-hybridized carbons (Fsp3) is 0.118. The number of nitrogens with zero attached hydrogens (tertiary/aromatic N) is 1. The largest absolute Gasteiger partial charge is 0.416 e. The number of anilines is 1. The second-order valence-electron chi connectivity index (χ2n) is 5.40. The lowest BCUT2D eigenvalue weighted by Crippen LogP contribution is -2.25. The van der Waals surface area contributed by atoms with E-state index in [1.165, 1.54) is 6.07 Å². The lowest BCUT2D eigenvalue weighted by atomic mass is 9.96. The van der Waals surface area contributed by atoms with Crippen molar-refractivity contribution < 1.29 is 22.8 Å². The number of nitrogens with one attached hydrogen (secondary N) is 1. The number of aromatic nitrogens is 1. The summed E-state index contributed by atoms with van der Waals surface area (Å²) in [4.78, 5) is 28.9. The fourth-order valence-corrected chi connectivity index (χ4v) is 2.59. The first-order valence-electron chi connectivity index (χ1n) is 7.09. The van der Waals surface area contributed by atoms with Crippen LogP contribution in [0, 0.1) is 6.92 Å². The van der Waals surface area contributed by atoms with Gasteiger partial charge in [0.05, 0.1) is 11.1 Å². The van der Waals surface area contributed by atoms with E-state index in [-0.39, 0.29) is 27.7 Å². The third kappa shape index (κ3) is 3.15. The first kappa shape index (κ1) is 17.2. The maximum absolute atomic E-state index is 12.6. The summed E-state index contributed by atoms with van der Waals surface area (Å²) in [6, 6.07) is 7.09. The van der Waals surface area contributed by atoms with Gasteiger partial charge in [-0.1, -0.05) is 11.6 Å². The minimum absolute atomic E-state index is 0.0343. The number of fused-ring (bicyclic) bond motifs is 1. The van der Waals surface area contributed by atoms with Crippen LogP contribution in [0.3, 0.4) is 0 Å². The number of hydrogen-bond acceptors (Lipinski definition) is 4. The average Bonchev–Trinajstić information content (AvgIpc) is 2.56. The lowest BCUT2D eigenvalue weighted by molar-refractivity contribution is -0.137. The van der Waals surface area contributed by atoms with Crippen LogP contribution in [0.1, 0.15) is 32.1 Å². The summed E-state index contributed by atoms with van der Waals surface area (Å²) in [7, 11) is 0. The number of rotatable bonds is 2. The number of ketones is 2. The Morgan fingerprint density at radius 3 is 2.24 bits per heavy atom. The summed E-state index contributed by atoms with van der Waals surface area (Å²) in [6.45, 7) is 1.67. The predicted octanol–water partition coefficient (Wildman–Crippen LogP) is 4.35. The highest BCUT2D eigenvalue weighted by Gasteiger charge is 2.33. The molecule has 0 spiro atoms. The van der Waals surface area contributed by atoms with Gasteiger partial charge in [-0.3, -0.25) is 9.59 Å². The molecular formula is C17H10ClF3N2O2. The van der Waals surface area contributed by atoms with Crippen LogP contribution in [0.25, 0.3) is 0 Å². The summed E-state index contributed by atoms with van der Waals surface area (Å²) in [5, 5.41) is 2.28. The molecule has 8 heteroatoms. The van der Waals surface area contributed by atoms with Gasteiger partial charge < -0.3 is 5.32 Å². The molecule has 1 aromatic carbocycles. The number of alkyl halides is 3. The summed E-state index contributed by atoms with van der Waals surface area (Å²) in [5.74, 6) is -1.17. The molecule has 1 aromatic heterocycles. The summed E-state index contributed by atoms with van der Waals surface area (Å²) >= 11 is 5.99. The molecule has 0 amide bonds. The molecule has 4 nitrogen and oxygen atoms in total. The van der Waals surface area contributed by atoms with E-state index in [2.05, 4.69) is 10.3 Å². The maximum atomic E-state index is 12.6. The first-order chi connectivity index (χ1) is 11.7. The Morgan fingerprint density at radius 1 is 1.00 bits per heavy atom. The first-order valence-corrected chi connectivity index (χ1v) is 7.47. The van der Waals surface area contributed by atoms with Crippen LogP contribution in [0.5, 0.6) is 0 Å². The summed E-state index contributed by atoms with van der Waals surface area (Å²) in [6.07, 6.45) is -4.46. The molecule has 3 rings (SSSR count). The smallest absolute Gasteiger partial charge is 0.351 e. The molecule has 0 radical (unpaired) electrons. The van der Waals surface area contributed by atoms with Crippen LogP contribution in [0.4, 0.5) is 18.9 Å². The number of benzene rings is 1. The molecule has 1 N–H and O–H groups in total. The van der Waals surface area contributed by atoms with Crippen LogP contribution in [-0.2, 0) is 6.18 Å². The van der Waals surface area contributed by atoms with Crippen LogP contribution >= 0.6 is 11.6 Å². The zero-order valence-electron chi connectivity index (χ0n) is 12.7. The Bertz CT molecular complexity index is 918. The van der Waals surface area contributed by atoms with Gasteiger partial charge in [0.1, 0.15) is 16.4 Å². The number of carbonyl (C=O) groups excluding carboxylic acids is 2. The molecule has 0 aliphatic heterocycles. The number of allylic oxidation sites excluding steroid dienone is 2. The normalized spacial score (nSPS) is 14.6. The molecular weight excluding hydrogens is 357 g/mol. The number of pyridine rings is 1. The van der Waals surface area contributed by atoms with E-state index in [0.717, 1.165) is 24.3 Å². The van der Waals surface area contributed by atoms with E-state index in [1.54, 1.807) is 13.0 Å². The number of Topliss-reactive ketones (excluding diaryl/α,β-unsaturated/α-hetero) is 2. The molecule has 0 bridgehead atoms. The zero-order chi connectivity index (χ0) is 18.4. The number of carbonyl (C=O) groups is 2. The van der Waals surface area contributed by atoms with Gasteiger partial charge in [0, 0.05) is 11.4 Å². The third-order valence-corrected chi connectivity index (χ3v) is 3.98. The van der Waals surface area contributed by atoms with Crippen molar-refractivity contribution in [1.82, 2.24) is 4.98 Å². The van der Waals surface area contributed by atoms with Gasteiger partial charge in [-0.2, -0.15) is 13.2 Å². The van der Waals surface area contributed by atoms with Crippen LogP contribution in [0.15, 0.2) is 47.1 Å². The fourth-order valence-electron chi connectivity index (χ4n) is 2.36. The number of aryl methyl sites for hydroxylation is 1. The molecule has 0 saturated heterocycles. The Balaban J connectivity index is 1.95. The molecule has 1 aliphatic rings. The van der Waals surface area contributed by atoms with Gasteiger partial charge in [0.15, 0.2) is 0 Å². The maximum Gasteiger partial charge on any atom is 0.416 e. The molecule has 2 aromatic rings. The zero-order valence-corrected chi connectivity index (χ0v) is 13.5. The van der Waals surface area contributed by atoms with Crippen molar-refractivity contribution >= 4 is 28.9 Å². The predicted molar refractivity (Wildman–Crippen MR) is 85.6 cm³/mol. The molecule has 25 heavy (non-hydrogen) atoms. The SMILES string of the molecule is Cc1ccc2c(n1)C(=O)C(Cl)=C(Nc1ccc(C(F)(F)F)cc1)C2=O. The minimum Gasteiger partial charge on any atom is -0.351 e. The van der Waals surface area contributed by atoms with E-state index < -0.39 is 23.3 Å². The van der Waals surface area contributed by atoms with Crippen molar-refractivity contribution in [3.63, 3.8) is 0 Å². The Morgan fingerprint density at radius 2 is 1.64 bits per heavy atom. The average molecular weight is 367 g/mol. The van der Waals surface area contributed by atoms with Crippen LogP contribution < -0.4 is 5.32 Å². The van der Waals surface area contributed by atoms with E-state index in [4.69, 9.17) is 11.6 Å². The molecule has 1 heterocycles. The molecule has 0 saturated carbocycles. The highest BCUT2D eigenvalue weighted by molar-refractivity contribution is 6.50. The van der Waals surface area contributed by atoms with Crippen molar-refractivity contribution in [1.29, 1.82) is 0 Å². The van der Waals surface area contributed by atoms with Gasteiger partial charge in [-0.25, -0.2) is 4.98 Å². The van der Waals surface area contributed by atoms with Crippen molar-refractivity contribution in [2.75, 3.05) is 5.32 Å². The van der Waals surface area contributed by atoms with Crippen molar-refractivity contribution in [3.8, 4) is 0 Å². The number of halogens is 4. The van der Waals surface area contributed by atoms with E-state index >= 15 is 0 Å². The van der Waals surface area contributed by atoms with E-state index in [0.29, 0.717) is 5.69 Å². The van der Waals surface area contributed by atoms with Gasteiger partial charge in [-0.05, 0) is 43.3 Å². The Hall–Kier alpha value is -2.67. The highest BCUT2D eigenvalue weighted by Crippen LogP contribution is 2.32. The van der Waals surface area contributed by atoms with Crippen molar-refractivity contribution in [2.45, 2.75) is 13.1 Å². The topological polar surface area (TPSA) is 59.1 Å². The molecule has 128 valence electrons. The van der Waals surface area contributed by atoms with Gasteiger partial charge in [0.25, 0.3) is 0 Å². The van der Waals surface area contributed by atoms with Gasteiger partial charge >= 0.3 is 6.18 Å². The van der Waals surface area contributed by atoms with E-state index in [9.17, 15) is 22.8 Å². The second-order valence-corrected chi connectivity index (χ2v) is 5.77. The van der Waals surface area contributed by atoms with Gasteiger partial charge in [0.2, 0.25) is 11.6 Å². The summed E-state index contributed by atoms with van der Waals surface area (Å²) in [5.41, 5.74) is -0.199. The van der Waals surface area contributed by atoms with Crippen LogP contribution in [-0.4, -0.2) is 16.6 Å². The van der Waals surface area contributed by atoms with E-state index in [1.807, 2.05) is 0 Å². The molecule has 1 aliphatic carbocycles.